The quantitative estimate of drug-likeness (QED) is 0.735. The molecule has 1 aliphatic rings. The van der Waals surface area contributed by atoms with Crippen LogP contribution < -0.4 is 4.84 Å². The summed E-state index contributed by atoms with van der Waals surface area (Å²) in [6.07, 6.45) is -1.48. The van der Waals surface area contributed by atoms with Crippen molar-refractivity contribution in [2.45, 2.75) is 12.1 Å². The summed E-state index contributed by atoms with van der Waals surface area (Å²) in [5.41, 5.74) is 0. The Morgan fingerprint density at radius 1 is 1.37 bits per heavy atom. The first-order valence-corrected chi connectivity index (χ1v) is 5.72. The van der Waals surface area contributed by atoms with Crippen molar-refractivity contribution in [3.05, 3.63) is 12.1 Å². The SMILES string of the molecule is CN(C)[C@H]1COC[C@@H]1OC(=O)On1c(O)ccc1O. The van der Waals surface area contributed by atoms with Gasteiger partial charge in [-0.2, -0.15) is 0 Å². The number of likely N-dealkylation sites (N-methyl/N-ethyl adjacent to an activating group) is 1. The zero-order valence-electron chi connectivity index (χ0n) is 10.6. The number of aromatic nitrogens is 1. The molecule has 8 heteroatoms. The number of carbonyl (C=O) groups excluding carboxylic acids is 1. The van der Waals surface area contributed by atoms with Gasteiger partial charge in [0.1, 0.15) is 6.10 Å². The highest BCUT2D eigenvalue weighted by atomic mass is 16.8. The summed E-state index contributed by atoms with van der Waals surface area (Å²) < 4.78 is 10.9. The van der Waals surface area contributed by atoms with Crippen LogP contribution in [0, 0.1) is 0 Å². The van der Waals surface area contributed by atoms with Gasteiger partial charge in [-0.3, -0.25) is 4.84 Å². The van der Waals surface area contributed by atoms with Crippen molar-refractivity contribution in [1.29, 1.82) is 0 Å². The Balaban J connectivity index is 1.95. The van der Waals surface area contributed by atoms with Gasteiger partial charge >= 0.3 is 6.16 Å². The Kier molecular flexibility index (Phi) is 3.82. The number of rotatable bonds is 3. The zero-order valence-corrected chi connectivity index (χ0v) is 10.6. The van der Waals surface area contributed by atoms with Gasteiger partial charge in [-0.25, -0.2) is 4.79 Å². The third kappa shape index (κ3) is 2.91. The average Bonchev–Trinajstić information content (AvgIpc) is 2.91. The molecule has 106 valence electrons. The molecule has 19 heavy (non-hydrogen) atoms. The van der Waals surface area contributed by atoms with E-state index in [4.69, 9.17) is 9.47 Å². The standard InChI is InChI=1S/C11H16N2O6/c1-12(2)7-5-17-6-8(7)18-11(16)19-13-9(14)3-4-10(13)15/h3-4,7-8,14-15H,5-6H2,1-2H3/t7-,8-/m0/s1. The van der Waals surface area contributed by atoms with E-state index in [9.17, 15) is 15.0 Å². The van der Waals surface area contributed by atoms with Crippen LogP contribution in [0.3, 0.4) is 0 Å². The number of carbonyl (C=O) groups is 1. The second-order valence-corrected chi connectivity index (χ2v) is 4.41. The predicted octanol–water partition coefficient (Wildman–Crippen LogP) is -0.207. The molecule has 1 aromatic heterocycles. The third-order valence-corrected chi connectivity index (χ3v) is 2.87. The summed E-state index contributed by atoms with van der Waals surface area (Å²) in [6, 6.07) is 2.31. The van der Waals surface area contributed by atoms with E-state index in [1.807, 2.05) is 19.0 Å². The Morgan fingerprint density at radius 3 is 2.58 bits per heavy atom. The molecule has 0 radical (unpaired) electrons. The first kappa shape index (κ1) is 13.5. The van der Waals surface area contributed by atoms with Crippen LogP contribution in [-0.2, 0) is 9.47 Å². The van der Waals surface area contributed by atoms with Gasteiger partial charge in [0.05, 0.1) is 19.3 Å². The van der Waals surface area contributed by atoms with Crippen LogP contribution in [0.1, 0.15) is 0 Å². The van der Waals surface area contributed by atoms with Crippen LogP contribution in [-0.4, -0.2) is 65.5 Å². The van der Waals surface area contributed by atoms with Gasteiger partial charge in [0.25, 0.3) is 0 Å². The molecule has 2 N–H and O–H groups in total. The summed E-state index contributed by atoms with van der Waals surface area (Å²) in [5, 5.41) is 18.6. The normalized spacial score (nSPS) is 22.7. The molecule has 0 bridgehead atoms. The molecule has 0 aliphatic carbocycles. The molecule has 0 amide bonds. The molecule has 0 aromatic carbocycles. The van der Waals surface area contributed by atoms with Crippen molar-refractivity contribution in [3.8, 4) is 11.8 Å². The van der Waals surface area contributed by atoms with Crippen LogP contribution in [0.4, 0.5) is 4.79 Å². The summed E-state index contributed by atoms with van der Waals surface area (Å²) in [4.78, 5) is 18.1. The number of nitrogens with zero attached hydrogens (tertiary/aromatic N) is 2. The van der Waals surface area contributed by atoms with Gasteiger partial charge in [0, 0.05) is 12.1 Å². The number of hydrogen-bond donors (Lipinski definition) is 2. The molecule has 0 unspecified atom stereocenters. The van der Waals surface area contributed by atoms with Gasteiger partial charge in [0.15, 0.2) is 0 Å². The summed E-state index contributed by atoms with van der Waals surface area (Å²) >= 11 is 0. The van der Waals surface area contributed by atoms with E-state index in [0.717, 1.165) is 0 Å². The smallest absolute Gasteiger partial charge is 0.492 e. The van der Waals surface area contributed by atoms with Crippen molar-refractivity contribution in [3.63, 3.8) is 0 Å². The Morgan fingerprint density at radius 2 is 2.00 bits per heavy atom. The Labute approximate surface area is 109 Å². The number of aromatic hydroxyl groups is 2. The van der Waals surface area contributed by atoms with Crippen molar-refractivity contribution >= 4 is 6.16 Å². The molecule has 0 saturated carbocycles. The van der Waals surface area contributed by atoms with Crippen molar-refractivity contribution in [2.24, 2.45) is 0 Å². The molecule has 2 rings (SSSR count). The van der Waals surface area contributed by atoms with Crippen LogP contribution in [0.25, 0.3) is 0 Å². The molecule has 0 spiro atoms. The highest BCUT2D eigenvalue weighted by Crippen LogP contribution is 2.20. The van der Waals surface area contributed by atoms with E-state index in [1.165, 1.54) is 12.1 Å². The highest BCUT2D eigenvalue weighted by molar-refractivity contribution is 5.61. The first-order chi connectivity index (χ1) is 8.99. The fourth-order valence-electron chi connectivity index (χ4n) is 1.83. The van der Waals surface area contributed by atoms with Gasteiger partial charge in [-0.15, -0.1) is 4.73 Å². The molecule has 2 atom stereocenters. The molecular weight excluding hydrogens is 256 g/mol. The fraction of sp³-hybridized carbons (Fsp3) is 0.545. The lowest BCUT2D eigenvalue weighted by molar-refractivity contribution is -0.00547. The van der Waals surface area contributed by atoms with E-state index in [-0.39, 0.29) is 12.6 Å². The van der Waals surface area contributed by atoms with Gasteiger partial charge in [0.2, 0.25) is 11.8 Å². The molecule has 1 aliphatic heterocycles. The van der Waals surface area contributed by atoms with Crippen LogP contribution in [0.5, 0.6) is 11.8 Å². The maximum Gasteiger partial charge on any atom is 0.534 e. The average molecular weight is 272 g/mol. The minimum Gasteiger partial charge on any atom is -0.492 e. The lowest BCUT2D eigenvalue weighted by Crippen LogP contribution is -2.41. The molecule has 1 aromatic rings. The molecule has 8 nitrogen and oxygen atoms in total. The Hall–Kier alpha value is -1.93. The second-order valence-electron chi connectivity index (χ2n) is 4.41. The summed E-state index contributed by atoms with van der Waals surface area (Å²) in [7, 11) is 3.70. The molecule has 1 fully saturated rings. The maximum absolute atomic E-state index is 11.6. The lowest BCUT2D eigenvalue weighted by atomic mass is 10.2. The van der Waals surface area contributed by atoms with Gasteiger partial charge < -0.3 is 24.6 Å². The van der Waals surface area contributed by atoms with E-state index in [2.05, 4.69) is 4.84 Å². The summed E-state index contributed by atoms with van der Waals surface area (Å²) in [5.74, 6) is -0.803. The monoisotopic (exact) mass is 272 g/mol. The topological polar surface area (TPSA) is 93.4 Å². The van der Waals surface area contributed by atoms with Crippen molar-refractivity contribution in [1.82, 2.24) is 9.63 Å². The predicted molar refractivity (Wildman–Crippen MR) is 62.9 cm³/mol. The van der Waals surface area contributed by atoms with E-state index >= 15 is 0 Å². The maximum atomic E-state index is 11.6. The zero-order chi connectivity index (χ0) is 14.0. The van der Waals surface area contributed by atoms with E-state index in [1.54, 1.807) is 0 Å². The number of hydrogen-bond acceptors (Lipinski definition) is 7. The van der Waals surface area contributed by atoms with E-state index < -0.39 is 24.0 Å². The van der Waals surface area contributed by atoms with Crippen LogP contribution >= 0.6 is 0 Å². The molecule has 1 saturated heterocycles. The van der Waals surface area contributed by atoms with E-state index in [0.29, 0.717) is 11.3 Å². The van der Waals surface area contributed by atoms with Gasteiger partial charge in [-0.05, 0) is 14.1 Å². The third-order valence-electron chi connectivity index (χ3n) is 2.87. The van der Waals surface area contributed by atoms with Crippen molar-refractivity contribution in [2.75, 3.05) is 27.3 Å². The minimum absolute atomic E-state index is 0.0561. The Bertz CT molecular complexity index is 439. The lowest BCUT2D eigenvalue weighted by Gasteiger charge is -2.23. The molecule has 2 heterocycles. The molecular formula is C11H16N2O6. The first-order valence-electron chi connectivity index (χ1n) is 5.72. The van der Waals surface area contributed by atoms with Crippen LogP contribution in [0.2, 0.25) is 0 Å². The summed E-state index contributed by atoms with van der Waals surface area (Å²) in [6.45, 7) is 0.743. The van der Waals surface area contributed by atoms with Gasteiger partial charge in [-0.1, -0.05) is 0 Å². The largest absolute Gasteiger partial charge is 0.534 e. The number of ether oxygens (including phenoxy) is 2. The van der Waals surface area contributed by atoms with Crippen LogP contribution in [0.15, 0.2) is 12.1 Å². The highest BCUT2D eigenvalue weighted by Gasteiger charge is 2.34. The minimum atomic E-state index is -1.02. The van der Waals surface area contributed by atoms with Crippen molar-refractivity contribution < 1.29 is 29.3 Å². The fourth-order valence-corrected chi connectivity index (χ4v) is 1.83. The second kappa shape index (κ2) is 5.37.